The van der Waals surface area contributed by atoms with Gasteiger partial charge in [0.25, 0.3) is 0 Å². The highest BCUT2D eigenvalue weighted by Gasteiger charge is 2.24. The lowest BCUT2D eigenvalue weighted by Crippen LogP contribution is -2.38. The van der Waals surface area contributed by atoms with E-state index < -0.39 is 0 Å². The van der Waals surface area contributed by atoms with Crippen molar-refractivity contribution < 1.29 is 18.7 Å². The van der Waals surface area contributed by atoms with Crippen LogP contribution in [0, 0.1) is 12.8 Å². The number of oxazole rings is 1. The summed E-state index contributed by atoms with van der Waals surface area (Å²) in [4.78, 5) is 29.6. The van der Waals surface area contributed by atoms with Crippen LogP contribution in [0.2, 0.25) is 0 Å². The van der Waals surface area contributed by atoms with Crippen molar-refractivity contribution in [1.82, 2.24) is 9.88 Å². The maximum atomic E-state index is 11.5. The third-order valence-corrected chi connectivity index (χ3v) is 4.81. The van der Waals surface area contributed by atoms with Gasteiger partial charge in [0, 0.05) is 18.0 Å². The Morgan fingerprint density at radius 3 is 2.50 bits per heavy atom. The summed E-state index contributed by atoms with van der Waals surface area (Å²) in [6.07, 6.45) is 1.57. The quantitative estimate of drug-likeness (QED) is 0.823. The molecule has 2 heterocycles. The zero-order valence-electron chi connectivity index (χ0n) is 15.0. The van der Waals surface area contributed by atoms with Crippen molar-refractivity contribution in [3.05, 3.63) is 41.3 Å². The number of primary amides is 1. The van der Waals surface area contributed by atoms with Gasteiger partial charge in [0.2, 0.25) is 11.8 Å². The fourth-order valence-corrected chi connectivity index (χ4v) is 3.15. The molecule has 138 valence electrons. The first-order chi connectivity index (χ1) is 12.5. The number of hydrogen-bond donors (Lipinski definition) is 1. The van der Waals surface area contributed by atoms with E-state index in [4.69, 9.17) is 14.9 Å². The number of ether oxygens (including phenoxy) is 1. The molecule has 0 bridgehead atoms. The number of rotatable bonds is 5. The summed E-state index contributed by atoms with van der Waals surface area (Å²) in [6, 6.07) is 6.96. The first kappa shape index (κ1) is 18.1. The second-order valence-electron chi connectivity index (χ2n) is 6.54. The molecule has 0 saturated carbocycles. The minimum atomic E-state index is -0.375. The average molecular weight is 357 g/mol. The van der Waals surface area contributed by atoms with Gasteiger partial charge in [0.05, 0.1) is 18.4 Å². The maximum Gasteiger partial charge on any atom is 0.337 e. The molecule has 1 amide bonds. The van der Waals surface area contributed by atoms with E-state index in [9.17, 15) is 9.59 Å². The van der Waals surface area contributed by atoms with Crippen LogP contribution < -0.4 is 5.73 Å². The van der Waals surface area contributed by atoms with Gasteiger partial charge in [-0.25, -0.2) is 9.78 Å². The molecule has 26 heavy (non-hydrogen) atoms. The third kappa shape index (κ3) is 3.94. The van der Waals surface area contributed by atoms with Crippen molar-refractivity contribution >= 4 is 11.9 Å². The number of carbonyl (C=O) groups excluding carboxylic acids is 2. The van der Waals surface area contributed by atoms with Crippen LogP contribution in [0.1, 0.15) is 34.7 Å². The summed E-state index contributed by atoms with van der Waals surface area (Å²) < 4.78 is 10.5. The number of piperidine rings is 1. The predicted octanol–water partition coefficient (Wildman–Crippen LogP) is 2.13. The molecule has 2 aromatic rings. The van der Waals surface area contributed by atoms with E-state index in [0.717, 1.165) is 42.9 Å². The number of aryl methyl sites for hydroxylation is 1. The number of esters is 1. The number of nitrogens with two attached hydrogens (primary N) is 1. The molecular formula is C19H23N3O4. The monoisotopic (exact) mass is 357 g/mol. The number of nitrogens with zero attached hydrogens (tertiary/aromatic N) is 2. The van der Waals surface area contributed by atoms with E-state index in [1.54, 1.807) is 24.3 Å². The highest BCUT2D eigenvalue weighted by molar-refractivity contribution is 5.89. The number of likely N-dealkylation sites (tertiary alicyclic amines) is 1. The van der Waals surface area contributed by atoms with Crippen LogP contribution in [0.25, 0.3) is 11.5 Å². The highest BCUT2D eigenvalue weighted by atomic mass is 16.5. The number of hydrogen-bond acceptors (Lipinski definition) is 6. The van der Waals surface area contributed by atoms with Crippen molar-refractivity contribution in [2.75, 3.05) is 20.2 Å². The van der Waals surface area contributed by atoms with Crippen LogP contribution >= 0.6 is 0 Å². The van der Waals surface area contributed by atoms with Gasteiger partial charge in [-0.2, -0.15) is 0 Å². The van der Waals surface area contributed by atoms with E-state index in [1.807, 2.05) is 6.92 Å². The summed E-state index contributed by atoms with van der Waals surface area (Å²) in [7, 11) is 1.35. The zero-order valence-corrected chi connectivity index (χ0v) is 15.0. The van der Waals surface area contributed by atoms with Crippen LogP contribution in [0.5, 0.6) is 0 Å². The molecule has 1 aliphatic heterocycles. The molecule has 3 rings (SSSR count). The second kappa shape index (κ2) is 7.70. The summed E-state index contributed by atoms with van der Waals surface area (Å²) in [5.74, 6) is 0.698. The molecular weight excluding hydrogens is 334 g/mol. The molecule has 7 heteroatoms. The molecule has 7 nitrogen and oxygen atoms in total. The van der Waals surface area contributed by atoms with Crippen molar-refractivity contribution in [2.24, 2.45) is 11.7 Å². The molecule has 0 unspecified atom stereocenters. The molecule has 0 atom stereocenters. The van der Waals surface area contributed by atoms with Gasteiger partial charge in [-0.3, -0.25) is 9.69 Å². The van der Waals surface area contributed by atoms with Crippen LogP contribution in [-0.2, 0) is 16.1 Å². The van der Waals surface area contributed by atoms with Crippen LogP contribution in [-0.4, -0.2) is 42.0 Å². The summed E-state index contributed by atoms with van der Waals surface area (Å²) in [5.41, 5.74) is 7.55. The molecule has 1 aliphatic rings. The Balaban J connectivity index is 1.68. The first-order valence-electron chi connectivity index (χ1n) is 8.64. The van der Waals surface area contributed by atoms with E-state index in [1.165, 1.54) is 7.11 Å². The largest absolute Gasteiger partial charge is 0.465 e. The molecule has 1 fully saturated rings. The molecule has 1 aromatic carbocycles. The summed E-state index contributed by atoms with van der Waals surface area (Å²) >= 11 is 0. The Hall–Kier alpha value is -2.67. The first-order valence-corrected chi connectivity index (χ1v) is 8.64. The lowest BCUT2D eigenvalue weighted by Gasteiger charge is -2.29. The number of carbonyl (C=O) groups is 2. The lowest BCUT2D eigenvalue weighted by atomic mass is 9.96. The van der Waals surface area contributed by atoms with Crippen LogP contribution in [0.15, 0.2) is 28.7 Å². The van der Waals surface area contributed by atoms with E-state index >= 15 is 0 Å². The van der Waals surface area contributed by atoms with E-state index in [2.05, 4.69) is 9.88 Å². The fraction of sp³-hybridized carbons (Fsp3) is 0.421. The number of methoxy groups -OCH3 is 1. The van der Waals surface area contributed by atoms with Gasteiger partial charge >= 0.3 is 5.97 Å². The average Bonchev–Trinajstić information content (AvgIpc) is 3.02. The highest BCUT2D eigenvalue weighted by Crippen LogP contribution is 2.25. The number of amides is 1. The minimum absolute atomic E-state index is 0.0199. The van der Waals surface area contributed by atoms with Crippen molar-refractivity contribution in [3.8, 4) is 11.5 Å². The normalized spacial score (nSPS) is 15.8. The molecule has 2 N–H and O–H groups in total. The van der Waals surface area contributed by atoms with Gasteiger partial charge in [0.15, 0.2) is 0 Å². The predicted molar refractivity (Wildman–Crippen MR) is 95.2 cm³/mol. The Bertz CT molecular complexity index is 790. The van der Waals surface area contributed by atoms with Crippen molar-refractivity contribution in [2.45, 2.75) is 26.3 Å². The van der Waals surface area contributed by atoms with Crippen LogP contribution in [0.4, 0.5) is 0 Å². The zero-order chi connectivity index (χ0) is 18.7. The molecule has 0 aliphatic carbocycles. The lowest BCUT2D eigenvalue weighted by molar-refractivity contribution is -0.123. The van der Waals surface area contributed by atoms with Crippen LogP contribution in [0.3, 0.4) is 0 Å². The Labute approximate surface area is 152 Å². The number of aromatic nitrogens is 1. The minimum Gasteiger partial charge on any atom is -0.465 e. The molecule has 0 spiro atoms. The van der Waals surface area contributed by atoms with Crippen molar-refractivity contribution in [1.29, 1.82) is 0 Å². The van der Waals surface area contributed by atoms with Gasteiger partial charge in [-0.05, 0) is 57.1 Å². The maximum absolute atomic E-state index is 11.5. The molecule has 1 aromatic heterocycles. The summed E-state index contributed by atoms with van der Waals surface area (Å²) in [5, 5.41) is 0. The topological polar surface area (TPSA) is 98.7 Å². The van der Waals surface area contributed by atoms with E-state index in [-0.39, 0.29) is 17.8 Å². The van der Waals surface area contributed by atoms with E-state index in [0.29, 0.717) is 18.0 Å². The Kier molecular flexibility index (Phi) is 5.37. The Morgan fingerprint density at radius 1 is 1.27 bits per heavy atom. The smallest absolute Gasteiger partial charge is 0.337 e. The Morgan fingerprint density at radius 2 is 1.92 bits per heavy atom. The number of benzene rings is 1. The van der Waals surface area contributed by atoms with Crippen molar-refractivity contribution in [3.63, 3.8) is 0 Å². The summed E-state index contributed by atoms with van der Waals surface area (Å²) in [6.45, 7) is 4.22. The SMILES string of the molecule is COC(=O)c1ccc(-c2nc(CN3CCC(C(N)=O)CC3)c(C)o2)cc1. The standard InChI is InChI=1S/C19H23N3O4/c1-12-16(11-22-9-7-13(8-10-22)17(20)23)21-18(26-12)14-3-5-15(6-4-14)19(24)25-2/h3-6,13H,7-11H2,1-2H3,(H2,20,23). The molecule has 1 saturated heterocycles. The van der Waals surface area contributed by atoms with Gasteiger partial charge in [-0.1, -0.05) is 0 Å². The fourth-order valence-electron chi connectivity index (χ4n) is 3.15. The van der Waals surface area contributed by atoms with Gasteiger partial charge in [0.1, 0.15) is 5.76 Å². The second-order valence-corrected chi connectivity index (χ2v) is 6.54. The third-order valence-electron chi connectivity index (χ3n) is 4.81. The van der Waals surface area contributed by atoms with Gasteiger partial charge in [-0.15, -0.1) is 0 Å². The molecule has 0 radical (unpaired) electrons. The van der Waals surface area contributed by atoms with Gasteiger partial charge < -0.3 is 14.9 Å².